The van der Waals surface area contributed by atoms with Gasteiger partial charge in [0.25, 0.3) is 5.91 Å². The van der Waals surface area contributed by atoms with Crippen molar-refractivity contribution in [1.82, 2.24) is 10.6 Å². The summed E-state index contributed by atoms with van der Waals surface area (Å²) in [7, 11) is 0. The van der Waals surface area contributed by atoms with Crippen LogP contribution in [-0.2, 0) is 19.1 Å². The molecule has 170 valence electrons. The molecule has 0 aliphatic carbocycles. The molecule has 0 spiro atoms. The Hall–Kier alpha value is -3.20. The smallest absolute Gasteiger partial charge is 0.321 e. The zero-order valence-corrected chi connectivity index (χ0v) is 19.3. The first-order valence-electron chi connectivity index (χ1n) is 10.3. The first-order chi connectivity index (χ1) is 15.0. The van der Waals surface area contributed by atoms with Crippen molar-refractivity contribution in [2.24, 2.45) is 5.92 Å². The molecule has 4 amide bonds. The summed E-state index contributed by atoms with van der Waals surface area (Å²) in [4.78, 5) is 52.1. The number of carbonyl (C=O) groups is 4. The van der Waals surface area contributed by atoms with Gasteiger partial charge in [0.1, 0.15) is 0 Å². The van der Waals surface area contributed by atoms with Gasteiger partial charge in [0.05, 0.1) is 12.0 Å². The minimum absolute atomic E-state index is 0.0264. The number of nitrogens with zero attached hydrogens (tertiary/aromatic N) is 1. The lowest BCUT2D eigenvalue weighted by atomic mass is 9.99. The first-order valence-corrected chi connectivity index (χ1v) is 11.1. The molecule has 2 aromatic rings. The number of thiophene rings is 1. The summed E-state index contributed by atoms with van der Waals surface area (Å²) >= 11 is 1.45. The summed E-state index contributed by atoms with van der Waals surface area (Å²) in [6.07, 6.45) is -0.0264. The summed E-state index contributed by atoms with van der Waals surface area (Å²) in [6.45, 7) is 6.68. The minimum atomic E-state index is -0.765. The molecule has 1 fully saturated rings. The number of esters is 1. The van der Waals surface area contributed by atoms with Crippen molar-refractivity contribution in [3.05, 3.63) is 52.2 Å². The monoisotopic (exact) mass is 457 g/mol. The van der Waals surface area contributed by atoms with Crippen LogP contribution in [0.3, 0.4) is 0 Å². The molecular weight excluding hydrogens is 430 g/mol. The van der Waals surface area contributed by atoms with Gasteiger partial charge in [-0.2, -0.15) is 0 Å². The summed E-state index contributed by atoms with van der Waals surface area (Å²) in [5, 5.41) is 6.60. The average Bonchev–Trinajstić information content (AvgIpc) is 3.33. The molecule has 1 aliphatic rings. The average molecular weight is 458 g/mol. The van der Waals surface area contributed by atoms with Crippen molar-refractivity contribution in [2.45, 2.75) is 45.7 Å². The van der Waals surface area contributed by atoms with Crippen molar-refractivity contribution in [2.75, 3.05) is 11.5 Å². The highest BCUT2D eigenvalue weighted by Gasteiger charge is 2.46. The van der Waals surface area contributed by atoms with Crippen LogP contribution in [0, 0.1) is 12.8 Å². The van der Waals surface area contributed by atoms with Gasteiger partial charge in [-0.25, -0.2) is 4.79 Å². The van der Waals surface area contributed by atoms with E-state index >= 15 is 0 Å². The van der Waals surface area contributed by atoms with Crippen LogP contribution in [0.2, 0.25) is 0 Å². The Bertz CT molecular complexity index is 996. The molecule has 1 aromatic heterocycles. The highest BCUT2D eigenvalue weighted by Crippen LogP contribution is 2.43. The van der Waals surface area contributed by atoms with E-state index in [4.69, 9.17) is 4.74 Å². The summed E-state index contributed by atoms with van der Waals surface area (Å²) in [5.74, 6) is -2.35. The number of nitrogens with one attached hydrogen (secondary N) is 2. The second-order valence-corrected chi connectivity index (χ2v) is 9.71. The Kier molecular flexibility index (Phi) is 6.98. The van der Waals surface area contributed by atoms with Gasteiger partial charge in [-0.05, 0) is 51.3 Å². The number of carbonyl (C=O) groups excluding carboxylic acids is 4. The van der Waals surface area contributed by atoms with E-state index in [9.17, 15) is 19.2 Å². The third kappa shape index (κ3) is 5.73. The van der Waals surface area contributed by atoms with Gasteiger partial charge < -0.3 is 15.0 Å². The zero-order chi connectivity index (χ0) is 23.5. The van der Waals surface area contributed by atoms with Gasteiger partial charge in [-0.1, -0.05) is 23.8 Å². The number of benzene rings is 1. The Labute approximate surface area is 190 Å². The van der Waals surface area contributed by atoms with Gasteiger partial charge in [0, 0.05) is 22.5 Å². The number of hydrogen-bond acceptors (Lipinski definition) is 6. The largest absolute Gasteiger partial charge is 0.455 e. The standard InChI is InChI=1S/C23H27N3O5S/c1-14-7-9-15(10-8-14)26-19(28)12-16(20(26)17-6-5-11-32-17)21(29)31-13-18(27)24-22(30)25-23(2,3)4/h5-11,16,20H,12-13H2,1-4H3,(H2,24,25,27,30)/t16-,20+/m0/s1. The van der Waals surface area contributed by atoms with Gasteiger partial charge in [0.15, 0.2) is 6.61 Å². The molecule has 8 nitrogen and oxygen atoms in total. The zero-order valence-electron chi connectivity index (χ0n) is 18.5. The van der Waals surface area contributed by atoms with Crippen LogP contribution in [0.25, 0.3) is 0 Å². The second-order valence-electron chi connectivity index (χ2n) is 8.73. The van der Waals surface area contributed by atoms with Crippen molar-refractivity contribution in [3.63, 3.8) is 0 Å². The normalized spacial score (nSPS) is 18.4. The van der Waals surface area contributed by atoms with Gasteiger partial charge in [-0.15, -0.1) is 11.3 Å². The van der Waals surface area contributed by atoms with Gasteiger partial charge in [0.2, 0.25) is 5.91 Å². The van der Waals surface area contributed by atoms with Crippen LogP contribution in [0.4, 0.5) is 10.5 Å². The number of urea groups is 1. The third-order valence-corrected chi connectivity index (χ3v) is 5.80. The fourth-order valence-corrected chi connectivity index (χ4v) is 4.40. The Balaban J connectivity index is 1.71. The van der Waals surface area contributed by atoms with Crippen LogP contribution in [-0.4, -0.2) is 36.0 Å². The van der Waals surface area contributed by atoms with Gasteiger partial charge in [-0.3, -0.25) is 19.7 Å². The molecule has 0 radical (unpaired) electrons. The van der Waals surface area contributed by atoms with Crippen molar-refractivity contribution < 1.29 is 23.9 Å². The maximum absolute atomic E-state index is 12.9. The predicted molar refractivity (Wildman–Crippen MR) is 121 cm³/mol. The molecule has 1 aromatic carbocycles. The molecule has 0 bridgehead atoms. The molecule has 9 heteroatoms. The summed E-state index contributed by atoms with van der Waals surface area (Å²) in [6, 6.07) is 10.1. The van der Waals surface area contributed by atoms with Crippen LogP contribution in [0.15, 0.2) is 41.8 Å². The molecule has 2 N–H and O–H groups in total. The minimum Gasteiger partial charge on any atom is -0.455 e. The summed E-state index contributed by atoms with van der Waals surface area (Å²) in [5.41, 5.74) is 1.25. The van der Waals surface area contributed by atoms with E-state index in [1.165, 1.54) is 11.3 Å². The number of hydrogen-bond donors (Lipinski definition) is 2. The number of ether oxygens (including phenoxy) is 1. The van der Waals surface area contributed by atoms with Crippen LogP contribution >= 0.6 is 11.3 Å². The SMILES string of the molecule is Cc1ccc(N2C(=O)C[C@H](C(=O)OCC(=O)NC(=O)NC(C)(C)C)[C@@H]2c2cccs2)cc1. The molecule has 2 heterocycles. The Morgan fingerprint density at radius 1 is 1.16 bits per heavy atom. The van der Waals surface area contributed by atoms with E-state index in [1.807, 2.05) is 48.7 Å². The summed E-state index contributed by atoms with van der Waals surface area (Å²) < 4.78 is 5.19. The topological polar surface area (TPSA) is 105 Å². The number of anilines is 1. The van der Waals surface area contributed by atoms with Crippen LogP contribution in [0.5, 0.6) is 0 Å². The highest BCUT2D eigenvalue weighted by atomic mass is 32.1. The van der Waals surface area contributed by atoms with E-state index in [1.54, 1.807) is 25.7 Å². The highest BCUT2D eigenvalue weighted by molar-refractivity contribution is 7.10. The van der Waals surface area contributed by atoms with Crippen LogP contribution in [0.1, 0.15) is 43.7 Å². The third-order valence-electron chi connectivity index (χ3n) is 4.86. The lowest BCUT2D eigenvalue weighted by Crippen LogP contribution is -2.49. The molecule has 1 aliphatic heterocycles. The molecule has 3 rings (SSSR count). The lowest BCUT2D eigenvalue weighted by Gasteiger charge is -2.27. The fraction of sp³-hybridized carbons (Fsp3) is 0.391. The van der Waals surface area contributed by atoms with E-state index < -0.39 is 42.0 Å². The quantitative estimate of drug-likeness (QED) is 0.670. The number of rotatable bonds is 5. The fourth-order valence-electron chi connectivity index (χ4n) is 3.52. The Morgan fingerprint density at radius 3 is 2.44 bits per heavy atom. The van der Waals surface area contributed by atoms with Gasteiger partial charge >= 0.3 is 12.0 Å². The lowest BCUT2D eigenvalue weighted by molar-refractivity contribution is -0.152. The second kappa shape index (κ2) is 9.52. The van der Waals surface area contributed by atoms with Crippen molar-refractivity contribution in [3.8, 4) is 0 Å². The number of imide groups is 1. The maximum Gasteiger partial charge on any atom is 0.321 e. The van der Waals surface area contributed by atoms with E-state index in [-0.39, 0.29) is 12.3 Å². The van der Waals surface area contributed by atoms with E-state index in [0.29, 0.717) is 5.69 Å². The first kappa shape index (κ1) is 23.5. The molecule has 32 heavy (non-hydrogen) atoms. The number of aryl methyl sites for hydroxylation is 1. The predicted octanol–water partition coefficient (Wildman–Crippen LogP) is 3.32. The molecule has 1 saturated heterocycles. The molecular formula is C23H27N3O5S. The molecule has 2 atom stereocenters. The molecule has 0 unspecified atom stereocenters. The van der Waals surface area contributed by atoms with Crippen molar-refractivity contribution in [1.29, 1.82) is 0 Å². The van der Waals surface area contributed by atoms with Crippen LogP contribution < -0.4 is 15.5 Å². The molecule has 0 saturated carbocycles. The van der Waals surface area contributed by atoms with E-state index in [0.717, 1.165) is 10.4 Å². The van der Waals surface area contributed by atoms with Crippen molar-refractivity contribution >= 4 is 40.8 Å². The number of amides is 4. The maximum atomic E-state index is 12.9. The van der Waals surface area contributed by atoms with E-state index in [2.05, 4.69) is 10.6 Å². The Morgan fingerprint density at radius 2 is 1.84 bits per heavy atom.